The number of benzene rings is 2. The summed E-state index contributed by atoms with van der Waals surface area (Å²) in [5.41, 5.74) is 1.62. The highest BCUT2D eigenvalue weighted by atomic mass is 32.2. The van der Waals surface area contributed by atoms with E-state index in [1.54, 1.807) is 6.08 Å². The summed E-state index contributed by atoms with van der Waals surface area (Å²) < 4.78 is 33.2. The molecule has 2 aromatic carbocycles. The number of hydrogen-bond donors (Lipinski definition) is 1. The van der Waals surface area contributed by atoms with Crippen molar-refractivity contribution in [3.05, 3.63) is 71.1 Å². The lowest BCUT2D eigenvalue weighted by Crippen LogP contribution is -2.36. The third-order valence-corrected chi connectivity index (χ3v) is 6.97. The van der Waals surface area contributed by atoms with Crippen molar-refractivity contribution in [1.82, 2.24) is 9.62 Å². The van der Waals surface area contributed by atoms with Crippen LogP contribution in [0.25, 0.3) is 6.08 Å². The molecule has 1 N–H and O–H groups in total. The zero-order chi connectivity index (χ0) is 22.4. The number of rotatable bonds is 11. The molecule has 1 heterocycles. The van der Waals surface area contributed by atoms with Crippen LogP contribution >= 0.6 is 0 Å². The molecule has 0 aromatic heterocycles. The summed E-state index contributed by atoms with van der Waals surface area (Å²) in [6, 6.07) is 16.7. The van der Waals surface area contributed by atoms with Crippen LogP contribution in [-0.2, 0) is 10.0 Å². The van der Waals surface area contributed by atoms with Gasteiger partial charge in [-0.05, 0) is 68.1 Å². The van der Waals surface area contributed by atoms with Gasteiger partial charge in [-0.1, -0.05) is 30.3 Å². The Morgan fingerprint density at radius 2 is 1.81 bits per heavy atom. The maximum Gasteiger partial charge on any atom is 0.234 e. The van der Waals surface area contributed by atoms with Crippen LogP contribution < -0.4 is 9.46 Å². The van der Waals surface area contributed by atoms with E-state index in [0.29, 0.717) is 13.2 Å². The number of carbonyl (C=O) groups is 1. The summed E-state index contributed by atoms with van der Waals surface area (Å²) >= 11 is 0. The van der Waals surface area contributed by atoms with Crippen LogP contribution in [0, 0.1) is 5.92 Å². The summed E-state index contributed by atoms with van der Waals surface area (Å²) in [6.45, 7) is 3.02. The number of Topliss-reactive ketones (excluding diaryl/α,β-unsaturated/α-hetero) is 1. The first-order chi connectivity index (χ1) is 15.5. The van der Waals surface area contributed by atoms with Gasteiger partial charge in [0.1, 0.15) is 5.75 Å². The van der Waals surface area contributed by atoms with E-state index in [0.717, 1.165) is 55.6 Å². The van der Waals surface area contributed by atoms with Crippen LogP contribution in [0.5, 0.6) is 5.75 Å². The number of sulfonamides is 1. The normalized spacial score (nSPS) is 19.4. The van der Waals surface area contributed by atoms with Crippen LogP contribution in [0.1, 0.15) is 41.6 Å². The predicted octanol–water partition coefficient (Wildman–Crippen LogP) is 3.71. The molecule has 2 aliphatic rings. The van der Waals surface area contributed by atoms with Gasteiger partial charge in [-0.3, -0.25) is 4.79 Å². The lowest BCUT2D eigenvalue weighted by molar-refractivity contribution is 0.0967. The van der Waals surface area contributed by atoms with E-state index in [9.17, 15) is 13.2 Å². The average Bonchev–Trinajstić information content (AvgIpc) is 3.56. The molecule has 1 aliphatic heterocycles. The fourth-order valence-electron chi connectivity index (χ4n) is 3.91. The smallest absolute Gasteiger partial charge is 0.234 e. The molecule has 0 amide bonds. The maximum atomic E-state index is 12.3. The van der Waals surface area contributed by atoms with Gasteiger partial charge in [0, 0.05) is 36.0 Å². The molecular weight excluding hydrogens is 424 g/mol. The number of ether oxygens (including phenoxy) is 1. The van der Waals surface area contributed by atoms with Crippen molar-refractivity contribution in [3.8, 4) is 5.75 Å². The van der Waals surface area contributed by atoms with Crippen molar-refractivity contribution >= 4 is 21.9 Å². The Morgan fingerprint density at radius 1 is 1.06 bits per heavy atom. The van der Waals surface area contributed by atoms with Crippen LogP contribution in [0.15, 0.2) is 60.0 Å². The SMILES string of the molecule is O=C(c1ccc(OCCCN2CC[C@@H](NS(=O)(=O)/C=C/c3ccccc3)C2)cc1)C1CC1. The van der Waals surface area contributed by atoms with E-state index in [-0.39, 0.29) is 17.7 Å². The van der Waals surface area contributed by atoms with Gasteiger partial charge in [0.15, 0.2) is 5.78 Å². The lowest BCUT2D eigenvalue weighted by atomic mass is 10.1. The van der Waals surface area contributed by atoms with E-state index < -0.39 is 10.0 Å². The Kier molecular flexibility index (Phi) is 7.40. The first-order valence-electron chi connectivity index (χ1n) is 11.2. The second kappa shape index (κ2) is 10.4. The van der Waals surface area contributed by atoms with Crippen molar-refractivity contribution in [2.45, 2.75) is 31.7 Å². The minimum atomic E-state index is -3.47. The van der Waals surface area contributed by atoms with Gasteiger partial charge in [0.25, 0.3) is 0 Å². The molecule has 7 heteroatoms. The number of nitrogens with zero attached hydrogens (tertiary/aromatic N) is 1. The molecule has 1 atom stereocenters. The summed E-state index contributed by atoms with van der Waals surface area (Å²) in [5, 5.41) is 1.24. The second-order valence-corrected chi connectivity index (χ2v) is 10.1. The van der Waals surface area contributed by atoms with Crippen molar-refractivity contribution in [3.63, 3.8) is 0 Å². The van der Waals surface area contributed by atoms with Gasteiger partial charge in [-0.2, -0.15) is 0 Å². The highest BCUT2D eigenvalue weighted by Crippen LogP contribution is 2.32. The number of nitrogens with one attached hydrogen (secondary N) is 1. The topological polar surface area (TPSA) is 75.7 Å². The third kappa shape index (κ3) is 6.76. The highest BCUT2D eigenvalue weighted by molar-refractivity contribution is 7.92. The molecule has 32 heavy (non-hydrogen) atoms. The van der Waals surface area contributed by atoms with E-state index in [1.165, 1.54) is 5.41 Å². The average molecular weight is 455 g/mol. The monoisotopic (exact) mass is 454 g/mol. The van der Waals surface area contributed by atoms with Crippen LogP contribution in [0.3, 0.4) is 0 Å². The molecule has 170 valence electrons. The molecule has 4 rings (SSSR count). The largest absolute Gasteiger partial charge is 0.494 e. The lowest BCUT2D eigenvalue weighted by Gasteiger charge is -2.16. The van der Waals surface area contributed by atoms with Gasteiger partial charge >= 0.3 is 0 Å². The molecule has 0 spiro atoms. The van der Waals surface area contributed by atoms with Gasteiger partial charge < -0.3 is 9.64 Å². The Balaban J connectivity index is 1.15. The minimum Gasteiger partial charge on any atom is -0.494 e. The Hall–Kier alpha value is -2.48. The Bertz CT molecular complexity index is 1030. The minimum absolute atomic E-state index is 0.0714. The van der Waals surface area contributed by atoms with Gasteiger partial charge in [0.05, 0.1) is 6.61 Å². The zero-order valence-electron chi connectivity index (χ0n) is 18.2. The molecule has 0 radical (unpaired) electrons. The van der Waals surface area contributed by atoms with Gasteiger partial charge in [0.2, 0.25) is 10.0 Å². The molecule has 2 fully saturated rings. The summed E-state index contributed by atoms with van der Waals surface area (Å²) in [4.78, 5) is 14.3. The van der Waals surface area contributed by atoms with E-state index in [1.807, 2.05) is 54.6 Å². The van der Waals surface area contributed by atoms with Gasteiger partial charge in [-0.25, -0.2) is 13.1 Å². The highest BCUT2D eigenvalue weighted by Gasteiger charge is 2.30. The van der Waals surface area contributed by atoms with E-state index >= 15 is 0 Å². The number of ketones is 1. The van der Waals surface area contributed by atoms with Crippen LogP contribution in [-0.4, -0.2) is 51.4 Å². The number of carbonyl (C=O) groups excluding carboxylic acids is 1. The van der Waals surface area contributed by atoms with E-state index in [4.69, 9.17) is 4.74 Å². The summed E-state index contributed by atoms with van der Waals surface area (Å²) in [7, 11) is -3.47. The molecule has 1 saturated heterocycles. The Labute approximate surface area is 190 Å². The molecule has 1 aliphatic carbocycles. The van der Waals surface area contributed by atoms with Crippen molar-refractivity contribution in [2.24, 2.45) is 5.92 Å². The standard InChI is InChI=1S/C25H30N2O4S/c28-25(21-7-8-21)22-9-11-24(12-10-22)31-17-4-15-27-16-13-23(19-27)26-32(29,30)18-14-20-5-2-1-3-6-20/h1-3,5-6,9-12,14,18,21,23,26H,4,7-8,13,15-17,19H2/b18-14+/t23-/m1/s1. The Morgan fingerprint density at radius 3 is 2.53 bits per heavy atom. The molecule has 6 nitrogen and oxygen atoms in total. The van der Waals surface area contributed by atoms with Crippen molar-refractivity contribution in [2.75, 3.05) is 26.2 Å². The van der Waals surface area contributed by atoms with Crippen molar-refractivity contribution in [1.29, 1.82) is 0 Å². The predicted molar refractivity (Wildman–Crippen MR) is 126 cm³/mol. The molecule has 0 bridgehead atoms. The van der Waals surface area contributed by atoms with Crippen LogP contribution in [0.4, 0.5) is 0 Å². The second-order valence-electron chi connectivity index (χ2n) is 8.53. The first-order valence-corrected chi connectivity index (χ1v) is 12.8. The van der Waals surface area contributed by atoms with E-state index in [2.05, 4.69) is 9.62 Å². The first kappa shape index (κ1) is 22.7. The van der Waals surface area contributed by atoms with Crippen molar-refractivity contribution < 1.29 is 17.9 Å². The molecular formula is C25H30N2O4S. The summed E-state index contributed by atoms with van der Waals surface area (Å²) in [5.74, 6) is 1.25. The zero-order valence-corrected chi connectivity index (χ0v) is 19.0. The van der Waals surface area contributed by atoms with Gasteiger partial charge in [-0.15, -0.1) is 0 Å². The summed E-state index contributed by atoms with van der Waals surface area (Å²) in [6.07, 6.45) is 5.30. The number of hydrogen-bond acceptors (Lipinski definition) is 5. The third-order valence-electron chi connectivity index (χ3n) is 5.82. The fourth-order valence-corrected chi connectivity index (χ4v) is 4.98. The fraction of sp³-hybridized carbons (Fsp3) is 0.400. The molecule has 1 saturated carbocycles. The molecule has 2 aromatic rings. The number of likely N-dealkylation sites (tertiary alicyclic amines) is 1. The quantitative estimate of drug-likeness (QED) is 0.414. The van der Waals surface area contributed by atoms with Crippen LogP contribution in [0.2, 0.25) is 0 Å². The molecule has 0 unspecified atom stereocenters. The maximum absolute atomic E-state index is 12.3.